The smallest absolute Gasteiger partial charge is 0.407 e. The fourth-order valence-electron chi connectivity index (χ4n) is 3.28. The summed E-state index contributed by atoms with van der Waals surface area (Å²) in [6.45, 7) is 15.1. The first-order chi connectivity index (χ1) is 15.8. The molecule has 2 atom stereocenters. The predicted molar refractivity (Wildman–Crippen MR) is 132 cm³/mol. The molecule has 0 unspecified atom stereocenters. The summed E-state index contributed by atoms with van der Waals surface area (Å²) in [4.78, 5) is 20.9. The molecule has 9 heteroatoms. The fraction of sp³-hybridized carbons (Fsp3) is 0.520. The zero-order valence-corrected chi connectivity index (χ0v) is 21.2. The molecule has 8 nitrogen and oxygen atoms in total. The van der Waals surface area contributed by atoms with Gasteiger partial charge < -0.3 is 20.7 Å². The van der Waals surface area contributed by atoms with Crippen LogP contribution in [-0.4, -0.2) is 33.7 Å². The Labute approximate surface area is 201 Å². The van der Waals surface area contributed by atoms with Crippen LogP contribution in [0.4, 0.5) is 26.5 Å². The lowest BCUT2D eigenvalue weighted by Crippen LogP contribution is -2.47. The van der Waals surface area contributed by atoms with Gasteiger partial charge in [-0.25, -0.2) is 14.2 Å². The lowest BCUT2D eigenvalue weighted by Gasteiger charge is -2.29. The van der Waals surface area contributed by atoms with Crippen LogP contribution in [0.15, 0.2) is 18.3 Å². The van der Waals surface area contributed by atoms with E-state index in [9.17, 15) is 14.4 Å². The molecule has 0 saturated heterocycles. The van der Waals surface area contributed by atoms with Gasteiger partial charge >= 0.3 is 6.09 Å². The third-order valence-corrected chi connectivity index (χ3v) is 5.09. The van der Waals surface area contributed by atoms with Gasteiger partial charge in [-0.3, -0.25) is 4.98 Å². The highest BCUT2D eigenvalue weighted by atomic mass is 19.1. The molecule has 34 heavy (non-hydrogen) atoms. The number of nitrogens with one attached hydrogen (secondary N) is 3. The first-order valence-corrected chi connectivity index (χ1v) is 11.4. The minimum absolute atomic E-state index is 0.0122. The van der Waals surface area contributed by atoms with Crippen molar-refractivity contribution in [1.82, 2.24) is 15.3 Å². The number of ether oxygens (including phenoxy) is 1. The maximum absolute atomic E-state index is 14.9. The summed E-state index contributed by atoms with van der Waals surface area (Å²) < 4.78 is 20.2. The second kappa shape index (κ2) is 11.1. The predicted octanol–water partition coefficient (Wildman–Crippen LogP) is 5.59. The van der Waals surface area contributed by atoms with Crippen LogP contribution in [0.25, 0.3) is 0 Å². The van der Waals surface area contributed by atoms with Crippen molar-refractivity contribution in [3.8, 4) is 6.07 Å². The maximum atomic E-state index is 14.9. The zero-order valence-electron chi connectivity index (χ0n) is 21.2. The molecule has 0 bridgehead atoms. The first-order valence-electron chi connectivity index (χ1n) is 11.4. The number of carbonyl (C=O) groups is 1. The van der Waals surface area contributed by atoms with Gasteiger partial charge in [-0.15, -0.1) is 0 Å². The van der Waals surface area contributed by atoms with Crippen molar-refractivity contribution < 1.29 is 13.9 Å². The van der Waals surface area contributed by atoms with E-state index in [-0.39, 0.29) is 35.2 Å². The third-order valence-electron chi connectivity index (χ3n) is 5.09. The number of halogens is 1. The minimum atomic E-state index is -0.654. The average Bonchev–Trinajstić information content (AvgIpc) is 2.70. The molecule has 0 saturated carbocycles. The molecule has 0 aliphatic rings. The van der Waals surface area contributed by atoms with Gasteiger partial charge in [0.05, 0.1) is 17.4 Å². The highest BCUT2D eigenvalue weighted by molar-refractivity contribution is 5.68. The van der Waals surface area contributed by atoms with Crippen molar-refractivity contribution in [3.05, 3.63) is 41.0 Å². The summed E-state index contributed by atoms with van der Waals surface area (Å²) >= 11 is 0. The van der Waals surface area contributed by atoms with Gasteiger partial charge in [0.2, 0.25) is 0 Å². The molecule has 0 aromatic carbocycles. The number of nitriles is 1. The maximum Gasteiger partial charge on any atom is 0.407 e. The van der Waals surface area contributed by atoms with Gasteiger partial charge in [-0.1, -0.05) is 13.8 Å². The van der Waals surface area contributed by atoms with E-state index in [4.69, 9.17) is 4.74 Å². The Morgan fingerprint density at radius 1 is 1.21 bits per heavy atom. The molecule has 2 aromatic rings. The van der Waals surface area contributed by atoms with E-state index >= 15 is 0 Å². The van der Waals surface area contributed by atoms with Crippen LogP contribution in [0.3, 0.4) is 0 Å². The topological polar surface area (TPSA) is 112 Å². The van der Waals surface area contributed by atoms with Gasteiger partial charge in [0.15, 0.2) is 17.5 Å². The quantitative estimate of drug-likeness (QED) is 0.461. The summed E-state index contributed by atoms with van der Waals surface area (Å²) in [5.41, 5.74) is 1.95. The van der Waals surface area contributed by atoms with E-state index in [1.54, 1.807) is 27.0 Å². The standard InChI is InChI=1S/C25H35FN6O2/c1-14(2)9-21(17(5)29-24(33)34-25(6,7)8)31-23-20(26)11-18(12-27)22(32-23)30-19-10-15(3)16(4)28-13-19/h10-11,13-14,17,21H,9H2,1-8H3,(H,29,33)(H2,30,31,32)/t17-,21+/m0/s1. The van der Waals surface area contributed by atoms with Gasteiger partial charge in [-0.05, 0) is 71.6 Å². The van der Waals surface area contributed by atoms with Crippen molar-refractivity contribution >= 4 is 23.4 Å². The number of carbonyl (C=O) groups excluding carboxylic acids is 1. The molecule has 0 aliphatic heterocycles. The Morgan fingerprint density at radius 2 is 1.88 bits per heavy atom. The van der Waals surface area contributed by atoms with Crippen LogP contribution >= 0.6 is 0 Å². The Hall–Kier alpha value is -3.41. The molecule has 2 rings (SSSR count). The summed E-state index contributed by atoms with van der Waals surface area (Å²) in [5.74, 6) is -0.186. The first kappa shape index (κ1) is 26.8. The zero-order chi connectivity index (χ0) is 25.6. The lowest BCUT2D eigenvalue weighted by molar-refractivity contribution is 0.0501. The van der Waals surface area contributed by atoms with Crippen molar-refractivity contribution in [2.75, 3.05) is 10.6 Å². The van der Waals surface area contributed by atoms with Crippen molar-refractivity contribution in [2.24, 2.45) is 5.92 Å². The minimum Gasteiger partial charge on any atom is -0.444 e. The van der Waals surface area contributed by atoms with E-state index < -0.39 is 17.5 Å². The molecule has 184 valence electrons. The molecular weight excluding hydrogens is 435 g/mol. The number of hydrogen-bond donors (Lipinski definition) is 3. The number of aryl methyl sites for hydroxylation is 2. The fourth-order valence-corrected chi connectivity index (χ4v) is 3.28. The third kappa shape index (κ3) is 7.87. The number of hydrogen-bond acceptors (Lipinski definition) is 7. The Balaban J connectivity index is 2.31. The summed E-state index contributed by atoms with van der Waals surface area (Å²) in [6.07, 6.45) is 1.73. The monoisotopic (exact) mass is 470 g/mol. The summed E-state index contributed by atoms with van der Waals surface area (Å²) in [5, 5.41) is 18.5. The van der Waals surface area contributed by atoms with E-state index in [0.717, 1.165) is 17.3 Å². The van der Waals surface area contributed by atoms with Gasteiger partial charge in [-0.2, -0.15) is 5.26 Å². The van der Waals surface area contributed by atoms with Crippen LogP contribution < -0.4 is 16.0 Å². The number of anilines is 3. The highest BCUT2D eigenvalue weighted by Gasteiger charge is 2.25. The van der Waals surface area contributed by atoms with Crippen LogP contribution in [0.2, 0.25) is 0 Å². The number of alkyl carbamates (subject to hydrolysis) is 1. The van der Waals surface area contributed by atoms with Gasteiger partial charge in [0.25, 0.3) is 0 Å². The molecule has 0 radical (unpaired) electrons. The summed E-state index contributed by atoms with van der Waals surface area (Å²) in [7, 11) is 0. The molecule has 2 heterocycles. The van der Waals surface area contributed by atoms with Crippen LogP contribution in [0, 0.1) is 36.9 Å². The van der Waals surface area contributed by atoms with Gasteiger partial charge in [0.1, 0.15) is 11.7 Å². The lowest BCUT2D eigenvalue weighted by atomic mass is 9.98. The SMILES string of the molecule is Cc1cc(Nc2nc(N[C@H](CC(C)C)[C@H](C)NC(=O)OC(C)(C)C)c(F)cc2C#N)cnc1C. The highest BCUT2D eigenvalue weighted by Crippen LogP contribution is 2.25. The van der Waals surface area contributed by atoms with E-state index in [1.165, 1.54) is 0 Å². The second-order valence-corrected chi connectivity index (χ2v) is 9.89. The second-order valence-electron chi connectivity index (χ2n) is 9.89. The number of aromatic nitrogens is 2. The number of amides is 1. The van der Waals surface area contributed by atoms with Gasteiger partial charge in [0, 0.05) is 17.8 Å². The number of rotatable bonds is 8. The van der Waals surface area contributed by atoms with Crippen molar-refractivity contribution in [1.29, 1.82) is 5.26 Å². The van der Waals surface area contributed by atoms with E-state index in [0.29, 0.717) is 12.1 Å². The summed E-state index contributed by atoms with van der Waals surface area (Å²) in [6, 6.07) is 4.29. The molecule has 1 amide bonds. The van der Waals surface area contributed by atoms with E-state index in [1.807, 2.05) is 46.8 Å². The number of pyridine rings is 2. The Morgan fingerprint density at radius 3 is 2.44 bits per heavy atom. The molecule has 0 spiro atoms. The largest absolute Gasteiger partial charge is 0.444 e. The average molecular weight is 471 g/mol. The van der Waals surface area contributed by atoms with Crippen molar-refractivity contribution in [3.63, 3.8) is 0 Å². The van der Waals surface area contributed by atoms with Crippen LogP contribution in [-0.2, 0) is 4.74 Å². The molecule has 2 aromatic heterocycles. The van der Waals surface area contributed by atoms with Crippen LogP contribution in [0.5, 0.6) is 0 Å². The van der Waals surface area contributed by atoms with Crippen molar-refractivity contribution in [2.45, 2.75) is 79.5 Å². The number of nitrogens with zero attached hydrogens (tertiary/aromatic N) is 3. The molecule has 3 N–H and O–H groups in total. The van der Waals surface area contributed by atoms with Crippen LogP contribution in [0.1, 0.15) is 64.8 Å². The molecule has 0 aliphatic carbocycles. The normalized spacial score (nSPS) is 13.1. The van der Waals surface area contributed by atoms with E-state index in [2.05, 4.69) is 25.9 Å². The molecule has 0 fully saturated rings. The Bertz CT molecular complexity index is 1060. The Kier molecular flexibility index (Phi) is 8.80. The molecular formula is C25H35FN6O2.